The van der Waals surface area contributed by atoms with Gasteiger partial charge in [-0.25, -0.2) is 4.98 Å². The van der Waals surface area contributed by atoms with Crippen molar-refractivity contribution in [3.63, 3.8) is 0 Å². The van der Waals surface area contributed by atoms with Crippen LogP contribution in [0.15, 0.2) is 53.3 Å². The molecule has 0 fully saturated rings. The van der Waals surface area contributed by atoms with Crippen molar-refractivity contribution in [2.75, 3.05) is 0 Å². The van der Waals surface area contributed by atoms with Gasteiger partial charge in [0, 0.05) is 7.05 Å². The molecule has 0 N–H and O–H groups in total. The Morgan fingerprint density at radius 1 is 1.00 bits per heavy atom. The van der Waals surface area contributed by atoms with Crippen molar-refractivity contribution in [3.8, 4) is 0 Å². The van der Waals surface area contributed by atoms with E-state index in [0.29, 0.717) is 5.69 Å². The molecule has 0 aliphatic carbocycles. The van der Waals surface area contributed by atoms with Crippen LogP contribution < -0.4 is 5.56 Å². The fraction of sp³-hybridized carbons (Fsp3) is 0.111. The van der Waals surface area contributed by atoms with Crippen LogP contribution in [0.2, 0.25) is 0 Å². The molecule has 0 radical (unpaired) electrons. The number of hydrogen-bond acceptors (Lipinski definition) is 2. The Morgan fingerprint density at radius 3 is 2.48 bits per heavy atom. The molecule has 0 atom stereocenters. The fourth-order valence-corrected chi connectivity index (χ4v) is 2.26. The second-order valence-electron chi connectivity index (χ2n) is 5.09. The highest BCUT2D eigenvalue weighted by Crippen LogP contribution is 2.11. The van der Waals surface area contributed by atoms with Gasteiger partial charge in [-0.15, -0.1) is 0 Å². The summed E-state index contributed by atoms with van der Waals surface area (Å²) in [5.41, 5.74) is 4.30. The van der Waals surface area contributed by atoms with Gasteiger partial charge in [-0.05, 0) is 30.7 Å². The first-order valence-electron chi connectivity index (χ1n) is 6.86. The van der Waals surface area contributed by atoms with Gasteiger partial charge in [0.2, 0.25) is 0 Å². The van der Waals surface area contributed by atoms with Gasteiger partial charge >= 0.3 is 0 Å². The number of para-hydroxylation sites is 2. The third-order valence-electron chi connectivity index (χ3n) is 3.52. The molecular weight excluding hydrogens is 260 g/mol. The summed E-state index contributed by atoms with van der Waals surface area (Å²) < 4.78 is 1.64. The summed E-state index contributed by atoms with van der Waals surface area (Å²) in [7, 11) is 1.77. The summed E-state index contributed by atoms with van der Waals surface area (Å²) in [5.74, 6) is 0. The van der Waals surface area contributed by atoms with Crippen LogP contribution in [0.4, 0.5) is 0 Å². The van der Waals surface area contributed by atoms with Gasteiger partial charge in [0.1, 0.15) is 5.69 Å². The van der Waals surface area contributed by atoms with Crippen LogP contribution in [-0.2, 0) is 7.05 Å². The quantitative estimate of drug-likeness (QED) is 0.719. The van der Waals surface area contributed by atoms with Crippen LogP contribution in [0.3, 0.4) is 0 Å². The first kappa shape index (κ1) is 13.3. The molecule has 3 rings (SSSR count). The number of aromatic nitrogens is 2. The van der Waals surface area contributed by atoms with Gasteiger partial charge in [0.05, 0.1) is 11.0 Å². The molecule has 3 aromatic rings. The number of aryl methyl sites for hydroxylation is 2. The minimum atomic E-state index is -0.0861. The second-order valence-corrected chi connectivity index (χ2v) is 5.09. The van der Waals surface area contributed by atoms with Gasteiger partial charge in [-0.2, -0.15) is 0 Å². The second kappa shape index (κ2) is 5.37. The van der Waals surface area contributed by atoms with Crippen LogP contribution in [0, 0.1) is 6.92 Å². The van der Waals surface area contributed by atoms with Gasteiger partial charge in [-0.1, -0.05) is 48.0 Å². The molecule has 3 nitrogen and oxygen atoms in total. The highest BCUT2D eigenvalue weighted by molar-refractivity contribution is 5.77. The Hall–Kier alpha value is -2.68. The van der Waals surface area contributed by atoms with Crippen molar-refractivity contribution in [2.24, 2.45) is 7.05 Å². The van der Waals surface area contributed by atoms with E-state index in [2.05, 4.69) is 4.98 Å². The van der Waals surface area contributed by atoms with E-state index in [1.807, 2.05) is 61.5 Å². The first-order chi connectivity index (χ1) is 10.1. The van der Waals surface area contributed by atoms with Gasteiger partial charge in [-0.3, -0.25) is 4.79 Å². The Kier molecular flexibility index (Phi) is 3.40. The third-order valence-corrected chi connectivity index (χ3v) is 3.52. The van der Waals surface area contributed by atoms with Crippen LogP contribution >= 0.6 is 0 Å². The lowest BCUT2D eigenvalue weighted by atomic mass is 10.1. The van der Waals surface area contributed by atoms with Crippen molar-refractivity contribution in [1.82, 2.24) is 9.55 Å². The molecule has 2 aromatic carbocycles. The lowest BCUT2D eigenvalue weighted by Crippen LogP contribution is -2.21. The van der Waals surface area contributed by atoms with Crippen LogP contribution in [0.1, 0.15) is 16.8 Å². The van der Waals surface area contributed by atoms with Crippen molar-refractivity contribution >= 4 is 23.2 Å². The Labute approximate surface area is 123 Å². The minimum Gasteiger partial charge on any atom is -0.308 e. The number of benzene rings is 2. The Bertz CT molecular complexity index is 874. The third kappa shape index (κ3) is 2.63. The van der Waals surface area contributed by atoms with Crippen molar-refractivity contribution in [1.29, 1.82) is 0 Å². The molecule has 0 saturated heterocycles. The molecule has 0 aliphatic heterocycles. The molecule has 104 valence electrons. The summed E-state index contributed by atoms with van der Waals surface area (Å²) in [4.78, 5) is 16.8. The summed E-state index contributed by atoms with van der Waals surface area (Å²) in [6, 6.07) is 15.8. The zero-order chi connectivity index (χ0) is 14.8. The number of nitrogens with zero attached hydrogens (tertiary/aromatic N) is 2. The maximum absolute atomic E-state index is 12.3. The van der Waals surface area contributed by atoms with E-state index < -0.39 is 0 Å². The molecule has 0 saturated carbocycles. The normalized spacial score (nSPS) is 11.3. The molecule has 3 heteroatoms. The van der Waals surface area contributed by atoms with E-state index in [4.69, 9.17) is 0 Å². The molecule has 21 heavy (non-hydrogen) atoms. The summed E-state index contributed by atoms with van der Waals surface area (Å²) in [5, 5.41) is 0. The largest absolute Gasteiger partial charge is 0.308 e. The van der Waals surface area contributed by atoms with E-state index in [-0.39, 0.29) is 5.56 Å². The summed E-state index contributed by atoms with van der Waals surface area (Å²) in [6.07, 6.45) is 3.69. The molecule has 0 aliphatic rings. The topological polar surface area (TPSA) is 34.9 Å². The predicted octanol–water partition coefficient (Wildman–Crippen LogP) is 3.41. The van der Waals surface area contributed by atoms with E-state index >= 15 is 0 Å². The molecule has 1 aromatic heterocycles. The number of fused-ring (bicyclic) bond motifs is 1. The monoisotopic (exact) mass is 276 g/mol. The van der Waals surface area contributed by atoms with E-state index in [1.54, 1.807) is 17.7 Å². The molecular formula is C18H16N2O. The smallest absolute Gasteiger partial charge is 0.276 e. The van der Waals surface area contributed by atoms with Crippen molar-refractivity contribution in [3.05, 3.63) is 75.7 Å². The Balaban J connectivity index is 2.06. The average Bonchev–Trinajstić information content (AvgIpc) is 2.51. The Morgan fingerprint density at radius 2 is 1.71 bits per heavy atom. The van der Waals surface area contributed by atoms with Crippen LogP contribution in [-0.4, -0.2) is 9.55 Å². The van der Waals surface area contributed by atoms with Gasteiger partial charge in [0.15, 0.2) is 0 Å². The van der Waals surface area contributed by atoms with Crippen molar-refractivity contribution < 1.29 is 0 Å². The minimum absolute atomic E-state index is 0.0861. The zero-order valence-electron chi connectivity index (χ0n) is 12.1. The lowest BCUT2D eigenvalue weighted by molar-refractivity contribution is 0.887. The highest BCUT2D eigenvalue weighted by Gasteiger charge is 2.05. The van der Waals surface area contributed by atoms with E-state index in [9.17, 15) is 4.79 Å². The van der Waals surface area contributed by atoms with Crippen LogP contribution in [0.5, 0.6) is 0 Å². The molecule has 0 bridgehead atoms. The molecule has 0 spiro atoms. The van der Waals surface area contributed by atoms with Crippen LogP contribution in [0.25, 0.3) is 23.2 Å². The average molecular weight is 276 g/mol. The van der Waals surface area contributed by atoms with E-state index in [1.165, 1.54) is 5.56 Å². The predicted molar refractivity (Wildman–Crippen MR) is 87.1 cm³/mol. The molecule has 0 unspecified atom stereocenters. The zero-order valence-corrected chi connectivity index (χ0v) is 12.1. The first-order valence-corrected chi connectivity index (χ1v) is 6.86. The van der Waals surface area contributed by atoms with E-state index in [0.717, 1.165) is 16.6 Å². The maximum Gasteiger partial charge on any atom is 0.276 e. The fourth-order valence-electron chi connectivity index (χ4n) is 2.26. The van der Waals surface area contributed by atoms with Crippen molar-refractivity contribution in [2.45, 2.75) is 6.92 Å². The van der Waals surface area contributed by atoms with Gasteiger partial charge < -0.3 is 4.57 Å². The summed E-state index contributed by atoms with van der Waals surface area (Å²) >= 11 is 0. The standard InChI is InChI=1S/C18H16N2O/c1-13-7-9-14(10-8-13)11-12-16-18(21)20(2)17-6-4-3-5-15(17)19-16/h3-12H,1-2H3/b12-11+. The number of rotatable bonds is 2. The maximum atomic E-state index is 12.3. The molecule has 0 amide bonds. The molecule has 1 heterocycles. The number of hydrogen-bond donors (Lipinski definition) is 0. The summed E-state index contributed by atoms with van der Waals surface area (Å²) in [6.45, 7) is 2.05. The van der Waals surface area contributed by atoms with Gasteiger partial charge in [0.25, 0.3) is 5.56 Å². The lowest BCUT2D eigenvalue weighted by Gasteiger charge is -2.05. The SMILES string of the molecule is Cc1ccc(/C=C/c2nc3ccccc3n(C)c2=O)cc1. The highest BCUT2D eigenvalue weighted by atomic mass is 16.1.